The second-order valence-electron chi connectivity index (χ2n) is 3.82. The fourth-order valence-electron chi connectivity index (χ4n) is 1.66. The zero-order valence-electron chi connectivity index (χ0n) is 9.83. The van der Waals surface area contributed by atoms with Gasteiger partial charge >= 0.3 is 5.97 Å². The van der Waals surface area contributed by atoms with Crippen molar-refractivity contribution in [2.45, 2.75) is 13.3 Å². The van der Waals surface area contributed by atoms with Gasteiger partial charge in [-0.3, -0.25) is 4.79 Å². The Hall–Kier alpha value is -2.43. The molecule has 0 saturated carbocycles. The van der Waals surface area contributed by atoms with E-state index in [0.717, 1.165) is 12.1 Å². The van der Waals surface area contributed by atoms with Gasteiger partial charge in [0.2, 0.25) is 0 Å². The number of carboxylic acids is 1. The van der Waals surface area contributed by atoms with Crippen LogP contribution in [0.5, 0.6) is 0 Å². The summed E-state index contributed by atoms with van der Waals surface area (Å²) in [6, 6.07) is 7.56. The van der Waals surface area contributed by atoms with Crippen molar-refractivity contribution in [2.75, 3.05) is 0 Å². The number of nitrogens with zero attached hydrogens (tertiary/aromatic N) is 2. The van der Waals surface area contributed by atoms with E-state index in [4.69, 9.17) is 5.11 Å². The fraction of sp³-hybridized carbons (Fsp3) is 0.154. The summed E-state index contributed by atoms with van der Waals surface area (Å²) in [4.78, 5) is 21.7. The first-order valence-corrected chi connectivity index (χ1v) is 5.53. The number of rotatable bonds is 4. The number of aldehydes is 1. The summed E-state index contributed by atoms with van der Waals surface area (Å²) in [5.74, 6) is -1.21. The average Bonchev–Trinajstić information content (AvgIpc) is 2.83. The lowest BCUT2D eigenvalue weighted by Gasteiger charge is -2.02. The molecule has 2 rings (SSSR count). The monoisotopic (exact) mass is 244 g/mol. The predicted molar refractivity (Wildman–Crippen MR) is 65.3 cm³/mol. The molecular formula is C13H12N2O3. The van der Waals surface area contributed by atoms with Gasteiger partial charge in [-0.1, -0.05) is 19.1 Å². The van der Waals surface area contributed by atoms with Crippen LogP contribution in [0.4, 0.5) is 0 Å². The van der Waals surface area contributed by atoms with Gasteiger partial charge < -0.3 is 5.11 Å². The molecule has 0 aliphatic carbocycles. The molecule has 0 aliphatic heterocycles. The Morgan fingerprint density at radius 1 is 1.39 bits per heavy atom. The van der Waals surface area contributed by atoms with Gasteiger partial charge in [-0.2, -0.15) is 5.10 Å². The van der Waals surface area contributed by atoms with Crippen LogP contribution >= 0.6 is 0 Å². The molecule has 0 bridgehead atoms. The molecule has 1 aromatic heterocycles. The summed E-state index contributed by atoms with van der Waals surface area (Å²) >= 11 is 0. The Balaban J connectivity index is 2.44. The van der Waals surface area contributed by atoms with Gasteiger partial charge in [-0.25, -0.2) is 9.48 Å². The molecule has 1 N–H and O–H groups in total. The predicted octanol–water partition coefficient (Wildman–Crippen LogP) is 1.95. The number of carbonyl (C=O) groups excluding carboxylic acids is 1. The number of benzene rings is 1. The third-order valence-corrected chi connectivity index (χ3v) is 2.68. The van der Waals surface area contributed by atoms with Crippen molar-refractivity contribution >= 4 is 12.3 Å². The number of carboxylic acid groups (broad SMARTS) is 1. The second-order valence-corrected chi connectivity index (χ2v) is 3.82. The summed E-state index contributed by atoms with van der Waals surface area (Å²) < 4.78 is 1.40. The summed E-state index contributed by atoms with van der Waals surface area (Å²) in [5.41, 5.74) is 1.74. The molecule has 18 heavy (non-hydrogen) atoms. The number of hydrogen-bond acceptors (Lipinski definition) is 3. The molecule has 5 heteroatoms. The molecule has 92 valence electrons. The van der Waals surface area contributed by atoms with Crippen molar-refractivity contribution in [1.29, 1.82) is 0 Å². The number of aromatic carboxylic acids is 1. The Morgan fingerprint density at radius 2 is 2.06 bits per heavy atom. The first kappa shape index (κ1) is 12.0. The van der Waals surface area contributed by atoms with Gasteiger partial charge in [0, 0.05) is 6.20 Å². The topological polar surface area (TPSA) is 72.2 Å². The standard InChI is InChI=1S/C13H12N2O3/c1-2-9-3-5-11(6-4-9)15-7-10(8-16)12(14-15)13(17)18/h3-8H,2H2,1H3,(H,17,18). The van der Waals surface area contributed by atoms with Gasteiger partial charge in [0.1, 0.15) is 0 Å². The van der Waals surface area contributed by atoms with Crippen molar-refractivity contribution in [3.05, 3.63) is 47.3 Å². The lowest BCUT2D eigenvalue weighted by atomic mass is 10.1. The highest BCUT2D eigenvalue weighted by Gasteiger charge is 2.15. The van der Waals surface area contributed by atoms with Crippen LogP contribution in [0.1, 0.15) is 33.3 Å². The Kier molecular flexibility index (Phi) is 3.23. The molecular weight excluding hydrogens is 232 g/mol. The fourth-order valence-corrected chi connectivity index (χ4v) is 1.66. The highest BCUT2D eigenvalue weighted by Crippen LogP contribution is 2.12. The molecule has 0 unspecified atom stereocenters. The minimum atomic E-state index is -1.21. The van der Waals surface area contributed by atoms with Crippen LogP contribution in [-0.2, 0) is 6.42 Å². The zero-order chi connectivity index (χ0) is 13.1. The van der Waals surface area contributed by atoms with Crippen LogP contribution in [0.3, 0.4) is 0 Å². The van der Waals surface area contributed by atoms with Gasteiger partial charge in [-0.15, -0.1) is 0 Å². The van der Waals surface area contributed by atoms with E-state index in [-0.39, 0.29) is 11.3 Å². The summed E-state index contributed by atoms with van der Waals surface area (Å²) in [5, 5.41) is 12.8. The minimum absolute atomic E-state index is 0.0714. The Labute approximate surface area is 104 Å². The maximum Gasteiger partial charge on any atom is 0.357 e. The normalized spacial score (nSPS) is 10.3. The molecule has 1 aromatic carbocycles. The summed E-state index contributed by atoms with van der Waals surface area (Å²) in [6.07, 6.45) is 2.84. The van der Waals surface area contributed by atoms with E-state index in [0.29, 0.717) is 6.29 Å². The quantitative estimate of drug-likeness (QED) is 0.834. The average molecular weight is 244 g/mol. The van der Waals surface area contributed by atoms with Crippen LogP contribution in [0.2, 0.25) is 0 Å². The van der Waals surface area contributed by atoms with E-state index in [1.54, 1.807) is 0 Å². The molecule has 2 aromatic rings. The minimum Gasteiger partial charge on any atom is -0.476 e. The molecule has 5 nitrogen and oxygen atoms in total. The van der Waals surface area contributed by atoms with Gasteiger partial charge in [0.15, 0.2) is 12.0 Å². The highest BCUT2D eigenvalue weighted by atomic mass is 16.4. The van der Waals surface area contributed by atoms with Crippen molar-refractivity contribution in [3.8, 4) is 5.69 Å². The largest absolute Gasteiger partial charge is 0.476 e. The SMILES string of the molecule is CCc1ccc(-n2cc(C=O)c(C(=O)O)n2)cc1. The molecule has 0 spiro atoms. The third-order valence-electron chi connectivity index (χ3n) is 2.68. The molecule has 0 saturated heterocycles. The molecule has 0 radical (unpaired) electrons. The zero-order valence-corrected chi connectivity index (χ0v) is 9.83. The van der Waals surface area contributed by atoms with Crippen LogP contribution in [-0.4, -0.2) is 27.1 Å². The molecule has 0 fully saturated rings. The molecule has 0 amide bonds. The summed E-state index contributed by atoms with van der Waals surface area (Å²) in [6.45, 7) is 2.05. The lowest BCUT2D eigenvalue weighted by molar-refractivity contribution is 0.0687. The van der Waals surface area contributed by atoms with Crippen LogP contribution in [0, 0.1) is 0 Å². The molecule has 1 heterocycles. The van der Waals surface area contributed by atoms with E-state index in [1.807, 2.05) is 24.3 Å². The van der Waals surface area contributed by atoms with E-state index < -0.39 is 5.97 Å². The number of hydrogen-bond donors (Lipinski definition) is 1. The van der Waals surface area contributed by atoms with Crippen molar-refractivity contribution in [3.63, 3.8) is 0 Å². The van der Waals surface area contributed by atoms with Crippen molar-refractivity contribution < 1.29 is 14.7 Å². The number of carbonyl (C=O) groups is 2. The Morgan fingerprint density at radius 3 is 2.50 bits per heavy atom. The maximum absolute atomic E-state index is 10.9. The van der Waals surface area contributed by atoms with Crippen molar-refractivity contribution in [2.24, 2.45) is 0 Å². The summed E-state index contributed by atoms with van der Waals surface area (Å²) in [7, 11) is 0. The van der Waals surface area contributed by atoms with Crippen LogP contribution in [0.25, 0.3) is 5.69 Å². The van der Waals surface area contributed by atoms with Crippen LogP contribution in [0.15, 0.2) is 30.5 Å². The molecule has 0 aliphatic rings. The van der Waals surface area contributed by atoms with Gasteiger partial charge in [0.25, 0.3) is 0 Å². The first-order valence-electron chi connectivity index (χ1n) is 5.53. The van der Waals surface area contributed by atoms with Crippen molar-refractivity contribution in [1.82, 2.24) is 9.78 Å². The van der Waals surface area contributed by atoms with E-state index in [9.17, 15) is 9.59 Å². The van der Waals surface area contributed by atoms with Crippen LogP contribution < -0.4 is 0 Å². The lowest BCUT2D eigenvalue weighted by Crippen LogP contribution is -2.02. The maximum atomic E-state index is 10.9. The number of aryl methyl sites for hydroxylation is 1. The third kappa shape index (κ3) is 2.15. The number of aromatic nitrogens is 2. The molecule has 0 atom stereocenters. The van der Waals surface area contributed by atoms with E-state index in [1.165, 1.54) is 16.4 Å². The van der Waals surface area contributed by atoms with E-state index >= 15 is 0 Å². The van der Waals surface area contributed by atoms with E-state index in [2.05, 4.69) is 12.0 Å². The highest BCUT2D eigenvalue weighted by molar-refractivity contribution is 5.95. The second kappa shape index (κ2) is 4.83. The van der Waals surface area contributed by atoms with Gasteiger partial charge in [-0.05, 0) is 24.1 Å². The smallest absolute Gasteiger partial charge is 0.357 e. The Bertz CT molecular complexity index is 585. The first-order chi connectivity index (χ1) is 8.65. The van der Waals surface area contributed by atoms with Gasteiger partial charge in [0.05, 0.1) is 11.3 Å².